The number of carbonyl (C=O) groups excluding carboxylic acids is 4. The van der Waals surface area contributed by atoms with Gasteiger partial charge in [0.1, 0.15) is 52.1 Å². The highest BCUT2D eigenvalue weighted by atomic mass is 35.5. The number of nitrogens with one attached hydrogen (secondary N) is 2. The van der Waals surface area contributed by atoms with Crippen molar-refractivity contribution in [2.24, 2.45) is 0 Å². The van der Waals surface area contributed by atoms with Gasteiger partial charge in [0, 0.05) is 94.0 Å². The van der Waals surface area contributed by atoms with Crippen molar-refractivity contribution in [1.82, 2.24) is 38.9 Å². The lowest BCUT2D eigenvalue weighted by atomic mass is 9.93. The summed E-state index contributed by atoms with van der Waals surface area (Å²) in [6, 6.07) is 14.9. The van der Waals surface area contributed by atoms with E-state index in [1.807, 2.05) is 45.0 Å². The van der Waals surface area contributed by atoms with Crippen molar-refractivity contribution >= 4 is 97.0 Å². The summed E-state index contributed by atoms with van der Waals surface area (Å²) < 4.78 is 93.4. The fourth-order valence-electron chi connectivity index (χ4n) is 9.80. The Morgan fingerprint density at radius 3 is 2.08 bits per heavy atom. The molecule has 5 aliphatic rings. The van der Waals surface area contributed by atoms with Crippen LogP contribution in [0.4, 0.5) is 24.2 Å². The number of thioether (sulfide) groups is 2. The van der Waals surface area contributed by atoms with E-state index in [2.05, 4.69) is 25.4 Å². The molecule has 1 aliphatic carbocycles. The zero-order valence-corrected chi connectivity index (χ0v) is 51.4. The first-order valence-electron chi connectivity index (χ1n) is 27.4. The lowest BCUT2D eigenvalue weighted by Gasteiger charge is -2.34. The number of hydrogen-bond donors (Lipinski definition) is 4. The summed E-state index contributed by atoms with van der Waals surface area (Å²) >= 11 is 8.83. The predicted octanol–water partition coefficient (Wildman–Crippen LogP) is 5.88. The molecule has 466 valence electrons. The highest BCUT2D eigenvalue weighted by Crippen LogP contribution is 2.35. The number of nitrogens with zero attached hydrogens (tertiary/aromatic N) is 7. The summed E-state index contributed by atoms with van der Waals surface area (Å²) in [6.07, 6.45) is 3.85. The monoisotopic (exact) mass is 1300 g/mol. The van der Waals surface area contributed by atoms with Crippen molar-refractivity contribution < 1.29 is 74.1 Å². The van der Waals surface area contributed by atoms with Gasteiger partial charge < -0.3 is 39.3 Å². The second kappa shape index (κ2) is 28.9. The maximum atomic E-state index is 13.8. The predicted molar refractivity (Wildman–Crippen MR) is 320 cm³/mol. The SMILES string of the molecule is CC1(C)CS[C@@H](C(=O)N([C@@H](Cc2ccc(OC(=O)N3CCN(c4ccccn4)CC3)c(Cl)c2)C(=O)O)S(=O)(=O)c2ccc(F)cc2)N1.CN1CCCN(C(=O)OC2=CC=C(C[C@H](NC3SCCN3S(=O)(=O)c3ccc(F)cc3)C(=O)O)C(=C=O)C2)CC1. The quantitative estimate of drug-likeness (QED) is 0.0899. The second-order valence-electron chi connectivity index (χ2n) is 21.3. The van der Waals surface area contributed by atoms with Crippen molar-refractivity contribution in [3.8, 4) is 5.75 Å². The van der Waals surface area contributed by atoms with Crippen LogP contribution in [-0.4, -0.2) is 197 Å². The van der Waals surface area contributed by atoms with E-state index in [0.717, 1.165) is 89.9 Å². The normalized spacial score (nSPS) is 19.9. The lowest BCUT2D eigenvalue weighted by molar-refractivity contribution is -0.146. The summed E-state index contributed by atoms with van der Waals surface area (Å²) in [5, 5.41) is 25.0. The maximum Gasteiger partial charge on any atom is 0.415 e. The molecule has 1 aromatic heterocycles. The molecule has 4 aromatic rings. The molecule has 3 amide bonds. The van der Waals surface area contributed by atoms with Crippen LogP contribution in [0, 0.1) is 11.6 Å². The van der Waals surface area contributed by atoms with Gasteiger partial charge in [-0.3, -0.25) is 20.2 Å². The Morgan fingerprint density at radius 1 is 0.816 bits per heavy atom. The average Bonchev–Trinajstić information content (AvgIpc) is 2.04. The number of aromatic nitrogens is 1. The molecule has 4 atom stereocenters. The number of rotatable bonds is 17. The molecule has 0 saturated carbocycles. The van der Waals surface area contributed by atoms with Gasteiger partial charge in [-0.05, 0) is 130 Å². The number of carboxylic acid groups (broad SMARTS) is 2. The van der Waals surface area contributed by atoms with E-state index in [1.54, 1.807) is 11.1 Å². The number of ether oxygens (including phenoxy) is 2. The number of sulfonamides is 2. The van der Waals surface area contributed by atoms with Gasteiger partial charge in [0.25, 0.3) is 15.9 Å². The first-order chi connectivity index (χ1) is 41.3. The maximum absolute atomic E-state index is 13.8. The minimum atomic E-state index is -4.76. The molecular formula is C57H64ClF2N9O14S4. The zero-order chi connectivity index (χ0) is 62.8. The van der Waals surface area contributed by atoms with E-state index >= 15 is 0 Å². The number of piperazine rings is 1. The van der Waals surface area contributed by atoms with Crippen LogP contribution in [0.1, 0.15) is 38.7 Å². The average molecular weight is 1300 g/mol. The fraction of sp³-hybridized carbons (Fsp3) is 0.404. The van der Waals surface area contributed by atoms with E-state index in [-0.39, 0.29) is 51.9 Å². The van der Waals surface area contributed by atoms with E-state index in [0.29, 0.717) is 60.7 Å². The third-order valence-electron chi connectivity index (χ3n) is 14.5. The number of anilines is 1. The number of hydrogen-bond acceptors (Lipinski definition) is 19. The fourth-order valence-corrected chi connectivity index (χ4v) is 16.1. The Morgan fingerprint density at radius 2 is 1.47 bits per heavy atom. The number of carbonyl (C=O) groups is 5. The first-order valence-corrected chi connectivity index (χ1v) is 32.7. The molecule has 1 unspecified atom stereocenters. The van der Waals surface area contributed by atoms with Crippen LogP contribution in [0.5, 0.6) is 5.75 Å². The smallest absolute Gasteiger partial charge is 0.415 e. The molecule has 3 aromatic carbocycles. The molecule has 4 N–H and O–H groups in total. The number of carboxylic acids is 2. The highest BCUT2D eigenvalue weighted by molar-refractivity contribution is 8.01. The van der Waals surface area contributed by atoms with Crippen LogP contribution in [0.3, 0.4) is 0 Å². The van der Waals surface area contributed by atoms with Gasteiger partial charge >= 0.3 is 24.1 Å². The summed E-state index contributed by atoms with van der Waals surface area (Å²) in [5.41, 5.74) is -0.581. The van der Waals surface area contributed by atoms with Crippen molar-refractivity contribution in [2.45, 2.75) is 77.8 Å². The topological polar surface area (TPSA) is 286 Å². The Labute approximate surface area is 515 Å². The lowest BCUT2D eigenvalue weighted by Crippen LogP contribution is -2.55. The van der Waals surface area contributed by atoms with Crippen molar-refractivity contribution in [3.63, 3.8) is 0 Å². The Kier molecular flexibility index (Phi) is 22.0. The second-order valence-corrected chi connectivity index (χ2v) is 27.7. The van der Waals surface area contributed by atoms with Crippen LogP contribution in [0.2, 0.25) is 5.02 Å². The van der Waals surface area contributed by atoms with Gasteiger partial charge in [0.15, 0.2) is 5.75 Å². The van der Waals surface area contributed by atoms with Crippen LogP contribution in [0.15, 0.2) is 130 Å². The zero-order valence-electron chi connectivity index (χ0n) is 47.4. The number of aliphatic carboxylic acids is 2. The largest absolute Gasteiger partial charge is 0.480 e. The van der Waals surface area contributed by atoms with Crippen LogP contribution in [0.25, 0.3) is 0 Å². The number of allylic oxidation sites excluding steroid dienone is 3. The molecule has 0 spiro atoms. The van der Waals surface area contributed by atoms with Gasteiger partial charge in [-0.2, -0.15) is 4.31 Å². The van der Waals surface area contributed by atoms with E-state index in [9.17, 15) is 64.6 Å². The third-order valence-corrected chi connectivity index (χ3v) is 21.3. The van der Waals surface area contributed by atoms with Crippen molar-refractivity contribution in [2.75, 3.05) is 82.4 Å². The summed E-state index contributed by atoms with van der Waals surface area (Å²) in [6.45, 7) is 8.39. The Bertz CT molecular complexity index is 3540. The van der Waals surface area contributed by atoms with E-state index in [1.165, 1.54) is 47.0 Å². The number of pyridine rings is 1. The molecule has 9 rings (SSSR count). The van der Waals surface area contributed by atoms with E-state index in [4.69, 9.17) is 21.1 Å². The molecule has 0 bridgehead atoms. The summed E-state index contributed by atoms with van der Waals surface area (Å²) in [7, 11) is -6.79. The van der Waals surface area contributed by atoms with Gasteiger partial charge in [-0.25, -0.2) is 54.1 Å². The molecule has 5 heterocycles. The molecule has 4 aliphatic heterocycles. The Balaban J connectivity index is 0.000000229. The molecule has 23 nitrogen and oxygen atoms in total. The van der Waals surface area contributed by atoms with Crippen molar-refractivity contribution in [1.29, 1.82) is 0 Å². The standard InChI is InChI=1S/C31H33ClFN5O7S2.C26H31FN4O7S2/c1-31(2)19-46-27(35-31)28(39)38(47(43,44)22-9-7-21(33)8-10-22)24(29(40)41)18-20-6-11-25(23(32)17-20)45-30(42)37-15-13-36(14-16-37)26-5-3-4-12-34-26;1-29-9-2-10-30(12-11-29)26(35)38-21-6-3-18(19(15-21)17-32)16-23(24(33)34)28-25-31(13-14-39-25)40(36,37)22-7-4-20(27)5-8-22/h3-12,17,24,27,35H,13-16,18-19H2,1-2H3,(H,40,41);3-8,23,25,28H,2,9-16H2,1H3,(H,33,34)/t24-,27-;23-,25?/m00/s1. The molecular weight excluding hydrogens is 1240 g/mol. The molecule has 0 radical (unpaired) electrons. The molecule has 87 heavy (non-hydrogen) atoms. The van der Waals surface area contributed by atoms with E-state index < -0.39 is 102 Å². The summed E-state index contributed by atoms with van der Waals surface area (Å²) in [5.74, 6) is -1.23. The number of halogens is 3. The molecule has 4 fully saturated rings. The molecule has 30 heteroatoms. The van der Waals surface area contributed by atoms with Crippen LogP contribution < -0.4 is 20.3 Å². The Hall–Kier alpha value is -6.92. The van der Waals surface area contributed by atoms with Gasteiger partial charge in [-0.15, -0.1) is 23.5 Å². The van der Waals surface area contributed by atoms with Crippen molar-refractivity contribution in [3.05, 3.63) is 142 Å². The van der Waals surface area contributed by atoms with Gasteiger partial charge in [0.05, 0.1) is 14.8 Å². The minimum absolute atomic E-state index is 0.0128. The minimum Gasteiger partial charge on any atom is -0.480 e. The summed E-state index contributed by atoms with van der Waals surface area (Å²) in [4.78, 5) is 87.0. The number of likely N-dealkylation sites (N-methyl/N-ethyl adjacent to an activating group) is 1. The van der Waals surface area contributed by atoms with Crippen LogP contribution >= 0.6 is 35.1 Å². The number of benzene rings is 3. The third kappa shape index (κ3) is 16.8. The van der Waals surface area contributed by atoms with Crippen LogP contribution in [-0.2, 0) is 50.4 Å². The number of amides is 3. The first kappa shape index (κ1) is 66.0. The van der Waals surface area contributed by atoms with Gasteiger partial charge in [0.2, 0.25) is 10.0 Å². The molecule has 4 saturated heterocycles. The highest BCUT2D eigenvalue weighted by Gasteiger charge is 2.46. The van der Waals surface area contributed by atoms with Gasteiger partial charge in [-0.1, -0.05) is 29.8 Å².